The second-order valence-electron chi connectivity index (χ2n) is 3.94. The second-order valence-corrected chi connectivity index (χ2v) is 8.66. The first kappa shape index (κ1) is 15.9. The summed E-state index contributed by atoms with van der Waals surface area (Å²) in [5.41, 5.74) is 0.493. The maximum absolute atomic E-state index is 12.1. The van der Waals surface area contributed by atoms with E-state index in [1.807, 2.05) is 12.1 Å². The average Bonchev–Trinajstić information content (AvgIpc) is 2.82. The molecule has 0 aliphatic heterocycles. The molecule has 0 saturated carbocycles. The van der Waals surface area contributed by atoms with Gasteiger partial charge in [-0.1, -0.05) is 17.7 Å². The first-order valence-electron chi connectivity index (χ1n) is 5.55. The largest absolute Gasteiger partial charge is 0.392 e. The molecule has 8 heteroatoms. The van der Waals surface area contributed by atoms with Gasteiger partial charge in [-0.3, -0.25) is 0 Å². The van der Waals surface area contributed by atoms with E-state index in [9.17, 15) is 8.42 Å². The Balaban J connectivity index is 2.15. The summed E-state index contributed by atoms with van der Waals surface area (Å²) < 4.78 is 27.7. The predicted molar refractivity (Wildman–Crippen MR) is 83.4 cm³/mol. The van der Waals surface area contributed by atoms with Crippen molar-refractivity contribution < 1.29 is 13.5 Å². The number of nitrogens with one attached hydrogen (secondary N) is 1. The minimum absolute atomic E-state index is 0.0790. The highest BCUT2D eigenvalue weighted by atomic mass is 79.9. The summed E-state index contributed by atoms with van der Waals surface area (Å²) in [6.07, 6.45) is 0. The fraction of sp³-hybridized carbons (Fsp3) is 0.167. The number of hydrogen-bond donors (Lipinski definition) is 2. The Hall–Kier alpha value is -0.440. The summed E-state index contributed by atoms with van der Waals surface area (Å²) in [5.74, 6) is 0. The van der Waals surface area contributed by atoms with Crippen LogP contribution in [-0.4, -0.2) is 13.5 Å². The maximum atomic E-state index is 12.1. The quantitative estimate of drug-likeness (QED) is 0.816. The zero-order valence-electron chi connectivity index (χ0n) is 10.1. The molecule has 20 heavy (non-hydrogen) atoms. The lowest BCUT2D eigenvalue weighted by Crippen LogP contribution is -2.22. The smallest absolute Gasteiger partial charge is 0.240 e. The van der Waals surface area contributed by atoms with Gasteiger partial charge in [-0.2, -0.15) is 0 Å². The molecule has 0 atom stereocenters. The SMILES string of the molecule is O=S(=O)(NCc1ccc(Br)s1)c1ccc(CO)c(Cl)c1. The molecule has 108 valence electrons. The maximum Gasteiger partial charge on any atom is 0.240 e. The van der Waals surface area contributed by atoms with E-state index in [1.54, 1.807) is 0 Å². The van der Waals surface area contributed by atoms with Crippen molar-refractivity contribution >= 4 is 48.9 Å². The molecular formula is C12H11BrClNO3S2. The Labute approximate surface area is 134 Å². The van der Waals surface area contributed by atoms with Gasteiger partial charge in [0.2, 0.25) is 10.0 Å². The normalized spacial score (nSPS) is 11.8. The van der Waals surface area contributed by atoms with Crippen molar-refractivity contribution in [3.63, 3.8) is 0 Å². The number of aliphatic hydroxyl groups excluding tert-OH is 1. The van der Waals surface area contributed by atoms with Crippen LogP contribution >= 0.6 is 38.9 Å². The van der Waals surface area contributed by atoms with Gasteiger partial charge in [0.15, 0.2) is 0 Å². The van der Waals surface area contributed by atoms with E-state index in [1.165, 1.54) is 29.5 Å². The van der Waals surface area contributed by atoms with E-state index in [0.717, 1.165) is 8.66 Å². The van der Waals surface area contributed by atoms with E-state index in [0.29, 0.717) is 5.56 Å². The molecule has 1 aromatic heterocycles. The van der Waals surface area contributed by atoms with Gasteiger partial charge in [0, 0.05) is 16.4 Å². The Morgan fingerprint density at radius 3 is 2.60 bits per heavy atom. The van der Waals surface area contributed by atoms with Gasteiger partial charge >= 0.3 is 0 Å². The zero-order chi connectivity index (χ0) is 14.8. The van der Waals surface area contributed by atoms with E-state index in [-0.39, 0.29) is 23.1 Å². The molecule has 0 radical (unpaired) electrons. The standard InChI is InChI=1S/C12H11BrClNO3S2/c13-12-4-2-9(19-12)6-15-20(17,18)10-3-1-8(7-16)11(14)5-10/h1-5,15-16H,6-7H2. The van der Waals surface area contributed by atoms with E-state index in [4.69, 9.17) is 16.7 Å². The van der Waals surface area contributed by atoms with Gasteiger partial charge in [-0.15, -0.1) is 11.3 Å². The highest BCUT2D eigenvalue weighted by Crippen LogP contribution is 2.23. The first-order valence-corrected chi connectivity index (χ1v) is 9.02. The van der Waals surface area contributed by atoms with Crippen LogP contribution in [0.3, 0.4) is 0 Å². The Bertz CT molecular complexity index is 715. The summed E-state index contributed by atoms with van der Waals surface area (Å²) in [6, 6.07) is 7.96. The minimum atomic E-state index is -3.62. The summed E-state index contributed by atoms with van der Waals surface area (Å²) in [7, 11) is -3.62. The molecule has 1 heterocycles. The van der Waals surface area contributed by atoms with E-state index in [2.05, 4.69) is 20.7 Å². The third-order valence-electron chi connectivity index (χ3n) is 2.57. The van der Waals surface area contributed by atoms with Crippen molar-refractivity contribution in [1.29, 1.82) is 0 Å². The molecule has 4 nitrogen and oxygen atoms in total. The van der Waals surface area contributed by atoms with Crippen LogP contribution in [0.4, 0.5) is 0 Å². The van der Waals surface area contributed by atoms with E-state index >= 15 is 0 Å². The molecule has 0 amide bonds. The lowest BCUT2D eigenvalue weighted by Gasteiger charge is -2.07. The van der Waals surface area contributed by atoms with Crippen molar-refractivity contribution in [3.05, 3.63) is 49.6 Å². The van der Waals surface area contributed by atoms with Crippen molar-refractivity contribution in [2.75, 3.05) is 0 Å². The number of thiophene rings is 1. The molecule has 0 saturated heterocycles. The fourth-order valence-corrected chi connectivity index (χ4v) is 4.37. The molecule has 0 unspecified atom stereocenters. The molecule has 0 bridgehead atoms. The molecule has 0 spiro atoms. The van der Waals surface area contributed by atoms with Gasteiger partial charge in [0.05, 0.1) is 15.3 Å². The first-order chi connectivity index (χ1) is 9.42. The number of aliphatic hydroxyl groups is 1. The molecule has 0 fully saturated rings. The van der Waals surface area contributed by atoms with Crippen LogP contribution < -0.4 is 4.72 Å². The average molecular weight is 397 g/mol. The Kier molecular flexibility index (Phi) is 5.22. The van der Waals surface area contributed by atoms with Gasteiger partial charge in [0.25, 0.3) is 0 Å². The minimum Gasteiger partial charge on any atom is -0.392 e. The molecule has 2 rings (SSSR count). The molecule has 0 aliphatic rings. The van der Waals surface area contributed by atoms with Crippen LogP contribution in [0.2, 0.25) is 5.02 Å². The van der Waals surface area contributed by atoms with Crippen molar-refractivity contribution in [1.82, 2.24) is 4.72 Å². The van der Waals surface area contributed by atoms with Gasteiger partial charge in [-0.25, -0.2) is 13.1 Å². The highest BCUT2D eigenvalue weighted by Gasteiger charge is 2.15. The van der Waals surface area contributed by atoms with Crippen molar-refractivity contribution in [2.45, 2.75) is 18.0 Å². The number of hydrogen-bond acceptors (Lipinski definition) is 4. The molecule has 2 aromatic rings. The molecule has 0 aliphatic carbocycles. The number of halogens is 2. The number of sulfonamides is 1. The molecule has 1 aromatic carbocycles. The van der Waals surface area contributed by atoms with Crippen molar-refractivity contribution in [3.8, 4) is 0 Å². The predicted octanol–water partition coefficient (Wildman–Crippen LogP) is 3.13. The zero-order valence-corrected chi connectivity index (χ0v) is 14.1. The topological polar surface area (TPSA) is 66.4 Å². The van der Waals surface area contributed by atoms with Gasteiger partial charge in [0.1, 0.15) is 0 Å². The van der Waals surface area contributed by atoms with Crippen LogP contribution in [-0.2, 0) is 23.2 Å². The third kappa shape index (κ3) is 3.81. The number of benzene rings is 1. The van der Waals surface area contributed by atoms with Crippen LogP contribution in [0.1, 0.15) is 10.4 Å². The van der Waals surface area contributed by atoms with Gasteiger partial charge in [-0.05, 0) is 45.8 Å². The Morgan fingerprint density at radius 2 is 2.05 bits per heavy atom. The summed E-state index contributed by atoms with van der Waals surface area (Å²) >= 11 is 10.7. The van der Waals surface area contributed by atoms with Crippen LogP contribution in [0.25, 0.3) is 0 Å². The van der Waals surface area contributed by atoms with Crippen LogP contribution in [0.5, 0.6) is 0 Å². The van der Waals surface area contributed by atoms with Gasteiger partial charge < -0.3 is 5.11 Å². The Morgan fingerprint density at radius 1 is 1.30 bits per heavy atom. The lowest BCUT2D eigenvalue weighted by molar-refractivity contribution is 0.282. The van der Waals surface area contributed by atoms with Crippen LogP contribution in [0.15, 0.2) is 39.0 Å². The van der Waals surface area contributed by atoms with E-state index < -0.39 is 10.0 Å². The highest BCUT2D eigenvalue weighted by molar-refractivity contribution is 9.11. The summed E-state index contributed by atoms with van der Waals surface area (Å²) in [6.45, 7) is -0.00617. The lowest BCUT2D eigenvalue weighted by atomic mass is 10.2. The summed E-state index contributed by atoms with van der Waals surface area (Å²) in [4.78, 5) is 0.980. The third-order valence-corrected chi connectivity index (χ3v) is 5.94. The van der Waals surface area contributed by atoms with Crippen molar-refractivity contribution in [2.24, 2.45) is 0 Å². The fourth-order valence-electron chi connectivity index (χ4n) is 1.52. The molecule has 2 N–H and O–H groups in total. The monoisotopic (exact) mass is 395 g/mol. The molecular weight excluding hydrogens is 386 g/mol. The summed E-state index contributed by atoms with van der Waals surface area (Å²) in [5, 5.41) is 9.24. The number of rotatable bonds is 5. The van der Waals surface area contributed by atoms with Crippen LogP contribution in [0, 0.1) is 0 Å². The second kappa shape index (κ2) is 6.55.